The highest BCUT2D eigenvalue weighted by Gasteiger charge is 2.11. The minimum Gasteiger partial charge on any atom is -0.409 e. The van der Waals surface area contributed by atoms with Crippen molar-refractivity contribution in [1.29, 1.82) is 0 Å². The lowest BCUT2D eigenvalue weighted by Crippen LogP contribution is -2.43. The van der Waals surface area contributed by atoms with Gasteiger partial charge in [0.05, 0.1) is 12.5 Å². The van der Waals surface area contributed by atoms with Crippen LogP contribution in [-0.2, 0) is 11.2 Å². The van der Waals surface area contributed by atoms with Crippen LogP contribution in [0.1, 0.15) is 12.5 Å². The summed E-state index contributed by atoms with van der Waals surface area (Å²) in [5, 5.41) is 16.3. The molecule has 104 valence electrons. The third-order valence-electron chi connectivity index (χ3n) is 3.12. The number of nitrogens with one attached hydrogen (secondary N) is 1. The Kier molecular flexibility index (Phi) is 4.20. The van der Waals surface area contributed by atoms with Gasteiger partial charge in [-0.25, -0.2) is 0 Å². The molecule has 0 saturated heterocycles. The molecule has 0 aliphatic rings. The van der Waals surface area contributed by atoms with E-state index in [1.807, 2.05) is 42.5 Å². The second kappa shape index (κ2) is 6.06. The summed E-state index contributed by atoms with van der Waals surface area (Å²) in [4.78, 5) is 11.9. The first-order chi connectivity index (χ1) is 9.60. The Bertz CT molecular complexity index is 652. The molecule has 5 heteroatoms. The molecule has 0 aliphatic carbocycles. The Morgan fingerprint density at radius 1 is 1.30 bits per heavy atom. The number of benzene rings is 2. The summed E-state index contributed by atoms with van der Waals surface area (Å²) in [7, 11) is 0. The van der Waals surface area contributed by atoms with Crippen molar-refractivity contribution >= 4 is 22.5 Å². The van der Waals surface area contributed by atoms with Gasteiger partial charge in [0, 0.05) is 0 Å². The van der Waals surface area contributed by atoms with Crippen LogP contribution in [0.3, 0.4) is 0 Å². The van der Waals surface area contributed by atoms with Gasteiger partial charge in [0.1, 0.15) is 0 Å². The van der Waals surface area contributed by atoms with Crippen molar-refractivity contribution in [2.24, 2.45) is 10.9 Å². The van der Waals surface area contributed by atoms with Crippen molar-refractivity contribution in [2.75, 3.05) is 0 Å². The molecule has 0 heterocycles. The first kappa shape index (κ1) is 13.9. The predicted molar refractivity (Wildman–Crippen MR) is 78.7 cm³/mol. The van der Waals surface area contributed by atoms with Crippen molar-refractivity contribution in [3.05, 3.63) is 48.0 Å². The lowest BCUT2D eigenvalue weighted by atomic mass is 10.0. The Labute approximate surface area is 117 Å². The van der Waals surface area contributed by atoms with E-state index in [1.54, 1.807) is 6.92 Å². The van der Waals surface area contributed by atoms with E-state index in [1.165, 1.54) is 0 Å². The number of amidine groups is 1. The van der Waals surface area contributed by atoms with Crippen molar-refractivity contribution < 1.29 is 10.0 Å². The maximum absolute atomic E-state index is 11.9. The van der Waals surface area contributed by atoms with Crippen molar-refractivity contribution in [2.45, 2.75) is 19.4 Å². The molecule has 0 spiro atoms. The number of oxime groups is 1. The Morgan fingerprint density at radius 2 is 2.00 bits per heavy atom. The molecule has 1 unspecified atom stereocenters. The highest BCUT2D eigenvalue weighted by atomic mass is 16.4. The summed E-state index contributed by atoms with van der Waals surface area (Å²) in [6.45, 7) is 1.66. The number of hydrogen-bond donors (Lipinski definition) is 3. The van der Waals surface area contributed by atoms with E-state index in [4.69, 9.17) is 10.9 Å². The van der Waals surface area contributed by atoms with Crippen molar-refractivity contribution in [1.82, 2.24) is 5.32 Å². The van der Waals surface area contributed by atoms with Gasteiger partial charge in [0.25, 0.3) is 0 Å². The van der Waals surface area contributed by atoms with Gasteiger partial charge in [0.15, 0.2) is 5.84 Å². The molecule has 2 rings (SSSR count). The van der Waals surface area contributed by atoms with Crippen LogP contribution < -0.4 is 11.1 Å². The van der Waals surface area contributed by atoms with Gasteiger partial charge >= 0.3 is 0 Å². The predicted octanol–water partition coefficient (Wildman–Crippen LogP) is 1.63. The van der Waals surface area contributed by atoms with E-state index in [2.05, 4.69) is 10.5 Å². The first-order valence-electron chi connectivity index (χ1n) is 6.34. The monoisotopic (exact) mass is 271 g/mol. The Balaban J connectivity index is 2.06. The lowest BCUT2D eigenvalue weighted by Gasteiger charge is -2.12. The Morgan fingerprint density at radius 3 is 2.70 bits per heavy atom. The number of amides is 1. The fraction of sp³-hybridized carbons (Fsp3) is 0.200. The van der Waals surface area contributed by atoms with Crippen LogP contribution in [0.15, 0.2) is 47.6 Å². The molecule has 0 bridgehead atoms. The lowest BCUT2D eigenvalue weighted by molar-refractivity contribution is -0.120. The summed E-state index contributed by atoms with van der Waals surface area (Å²) in [5.41, 5.74) is 6.34. The largest absolute Gasteiger partial charge is 0.409 e. The molecular formula is C15H17N3O2. The van der Waals surface area contributed by atoms with Gasteiger partial charge in [-0.3, -0.25) is 4.79 Å². The van der Waals surface area contributed by atoms with E-state index < -0.39 is 6.04 Å². The van der Waals surface area contributed by atoms with Crippen LogP contribution in [0.25, 0.3) is 10.8 Å². The van der Waals surface area contributed by atoms with E-state index in [-0.39, 0.29) is 18.2 Å². The number of rotatable bonds is 4. The van der Waals surface area contributed by atoms with Gasteiger partial charge in [-0.2, -0.15) is 0 Å². The normalized spacial score (nSPS) is 13.2. The summed E-state index contributed by atoms with van der Waals surface area (Å²) in [6.07, 6.45) is 0.258. The molecule has 0 aromatic heterocycles. The van der Waals surface area contributed by atoms with Gasteiger partial charge in [-0.1, -0.05) is 47.6 Å². The molecule has 5 nitrogen and oxygen atoms in total. The van der Waals surface area contributed by atoms with E-state index in [0.717, 1.165) is 16.3 Å². The molecule has 0 aliphatic heterocycles. The van der Waals surface area contributed by atoms with Crippen molar-refractivity contribution in [3.8, 4) is 0 Å². The zero-order valence-corrected chi connectivity index (χ0v) is 11.2. The molecule has 2 aromatic rings. The third kappa shape index (κ3) is 3.26. The number of fused-ring (bicyclic) bond motifs is 1. The molecule has 0 radical (unpaired) electrons. The van der Waals surface area contributed by atoms with Gasteiger partial charge < -0.3 is 16.3 Å². The molecular weight excluding hydrogens is 254 g/mol. The average Bonchev–Trinajstić information content (AvgIpc) is 2.46. The molecule has 0 fully saturated rings. The topological polar surface area (TPSA) is 87.7 Å². The zero-order chi connectivity index (χ0) is 14.5. The van der Waals surface area contributed by atoms with Crippen LogP contribution in [0.4, 0.5) is 0 Å². The van der Waals surface area contributed by atoms with E-state index in [0.29, 0.717) is 0 Å². The van der Waals surface area contributed by atoms with Gasteiger partial charge in [-0.15, -0.1) is 0 Å². The van der Waals surface area contributed by atoms with Crippen LogP contribution in [-0.4, -0.2) is 23.0 Å². The minimum absolute atomic E-state index is 0.0168. The van der Waals surface area contributed by atoms with Crippen LogP contribution in [0.2, 0.25) is 0 Å². The molecule has 0 saturated carbocycles. The molecule has 2 aromatic carbocycles. The third-order valence-corrected chi connectivity index (χ3v) is 3.12. The number of carbonyl (C=O) groups excluding carboxylic acids is 1. The number of nitrogens with two attached hydrogens (primary N) is 1. The summed E-state index contributed by atoms with van der Waals surface area (Å²) >= 11 is 0. The highest BCUT2D eigenvalue weighted by Crippen LogP contribution is 2.15. The molecule has 4 N–H and O–H groups in total. The fourth-order valence-corrected chi connectivity index (χ4v) is 1.99. The van der Waals surface area contributed by atoms with E-state index in [9.17, 15) is 4.79 Å². The number of carbonyl (C=O) groups is 1. The SMILES string of the molecule is CC(NC(=O)Cc1ccc2ccccc2c1)/C(N)=N/O. The Hall–Kier alpha value is -2.56. The maximum Gasteiger partial charge on any atom is 0.224 e. The summed E-state index contributed by atoms with van der Waals surface area (Å²) < 4.78 is 0. The smallest absolute Gasteiger partial charge is 0.224 e. The summed E-state index contributed by atoms with van der Waals surface area (Å²) in [6, 6.07) is 13.4. The second-order valence-electron chi connectivity index (χ2n) is 4.67. The van der Waals surface area contributed by atoms with Gasteiger partial charge in [0.2, 0.25) is 5.91 Å². The van der Waals surface area contributed by atoms with E-state index >= 15 is 0 Å². The summed E-state index contributed by atoms with van der Waals surface area (Å²) in [5.74, 6) is -0.184. The highest BCUT2D eigenvalue weighted by molar-refractivity contribution is 5.90. The van der Waals surface area contributed by atoms with Crippen molar-refractivity contribution in [3.63, 3.8) is 0 Å². The average molecular weight is 271 g/mol. The minimum atomic E-state index is -0.493. The van der Waals surface area contributed by atoms with Crippen LogP contribution in [0, 0.1) is 0 Å². The number of hydrogen-bond acceptors (Lipinski definition) is 3. The molecule has 1 atom stereocenters. The quantitative estimate of drug-likeness (QED) is 0.342. The standard InChI is InChI=1S/C15H17N3O2/c1-10(15(16)18-20)17-14(19)9-11-6-7-12-4-2-3-5-13(12)8-11/h2-8,10,20H,9H2,1H3,(H2,16,18)(H,17,19). The molecule has 1 amide bonds. The maximum atomic E-state index is 11.9. The second-order valence-corrected chi connectivity index (χ2v) is 4.67. The van der Waals surface area contributed by atoms with Crippen LogP contribution in [0.5, 0.6) is 0 Å². The fourth-order valence-electron chi connectivity index (χ4n) is 1.99. The van der Waals surface area contributed by atoms with Crippen LogP contribution >= 0.6 is 0 Å². The first-order valence-corrected chi connectivity index (χ1v) is 6.34. The zero-order valence-electron chi connectivity index (χ0n) is 11.2. The number of nitrogens with zero attached hydrogens (tertiary/aromatic N) is 1. The van der Waals surface area contributed by atoms with Gasteiger partial charge in [-0.05, 0) is 23.3 Å². The molecule has 20 heavy (non-hydrogen) atoms.